The van der Waals surface area contributed by atoms with E-state index in [2.05, 4.69) is 45.2 Å². The number of hydrogen-bond acceptors (Lipinski definition) is 5. The molecule has 1 saturated heterocycles. The number of nitrogens with one attached hydrogen (secondary N) is 2. The van der Waals surface area contributed by atoms with Crippen molar-refractivity contribution in [2.75, 3.05) is 13.1 Å². The van der Waals surface area contributed by atoms with Crippen molar-refractivity contribution in [3.05, 3.63) is 137 Å². The van der Waals surface area contributed by atoms with Gasteiger partial charge in [-0.15, -0.1) is 0 Å². The summed E-state index contributed by atoms with van der Waals surface area (Å²) in [6, 6.07) is 34.7. The molecule has 3 N–H and O–H groups in total. The van der Waals surface area contributed by atoms with Crippen molar-refractivity contribution >= 4 is 21.9 Å². The summed E-state index contributed by atoms with van der Waals surface area (Å²) in [6.07, 6.45) is 4.31. The van der Waals surface area contributed by atoms with Gasteiger partial charge in [0.1, 0.15) is 11.4 Å². The number of likely N-dealkylation sites (tertiary alicyclic amines) is 1. The minimum absolute atomic E-state index is 0.0213. The third kappa shape index (κ3) is 5.26. The molecule has 46 heavy (non-hydrogen) atoms. The van der Waals surface area contributed by atoms with E-state index < -0.39 is 0 Å². The van der Waals surface area contributed by atoms with E-state index in [1.165, 1.54) is 5.56 Å². The lowest BCUT2D eigenvalue weighted by Gasteiger charge is -2.32. The Morgan fingerprint density at radius 3 is 2.24 bits per heavy atom. The van der Waals surface area contributed by atoms with Crippen LogP contribution in [0.1, 0.15) is 35.7 Å². The topological polar surface area (TPSA) is 103 Å². The van der Waals surface area contributed by atoms with Crippen molar-refractivity contribution in [3.8, 4) is 28.4 Å². The summed E-state index contributed by atoms with van der Waals surface area (Å²) in [5, 5.41) is 12.2. The van der Waals surface area contributed by atoms with Crippen LogP contribution < -0.4 is 5.69 Å². The Morgan fingerprint density at radius 1 is 0.761 bits per heavy atom. The summed E-state index contributed by atoms with van der Waals surface area (Å²) in [7, 11) is 0. The Balaban J connectivity index is 1.03. The molecule has 4 heterocycles. The van der Waals surface area contributed by atoms with Gasteiger partial charge in [-0.1, -0.05) is 84.9 Å². The van der Waals surface area contributed by atoms with Crippen molar-refractivity contribution in [1.29, 1.82) is 0 Å². The molecule has 8 rings (SSSR count). The van der Waals surface area contributed by atoms with E-state index in [4.69, 9.17) is 9.97 Å². The van der Waals surface area contributed by atoms with E-state index in [1.807, 2.05) is 83.6 Å². The van der Waals surface area contributed by atoms with Gasteiger partial charge in [0.2, 0.25) is 5.88 Å². The third-order valence-electron chi connectivity index (χ3n) is 9.21. The number of imidazole rings is 1. The molecular weight excluding hydrogens is 572 g/mol. The summed E-state index contributed by atoms with van der Waals surface area (Å²) in [4.78, 5) is 31.2. The van der Waals surface area contributed by atoms with Gasteiger partial charge in [0.05, 0.1) is 16.7 Å². The summed E-state index contributed by atoms with van der Waals surface area (Å²) in [5.41, 5.74) is 9.00. The number of fused-ring (bicyclic) bond motifs is 2. The van der Waals surface area contributed by atoms with Gasteiger partial charge in [-0.2, -0.15) is 0 Å². The Hall–Kier alpha value is -5.47. The maximum absolute atomic E-state index is 12.7. The molecule has 0 amide bonds. The van der Waals surface area contributed by atoms with Gasteiger partial charge in [0, 0.05) is 60.3 Å². The van der Waals surface area contributed by atoms with E-state index in [9.17, 15) is 9.90 Å². The second kappa shape index (κ2) is 11.8. The van der Waals surface area contributed by atoms with E-state index in [1.54, 1.807) is 0 Å². The zero-order valence-corrected chi connectivity index (χ0v) is 25.4. The Kier molecular flexibility index (Phi) is 7.19. The first-order valence-electron chi connectivity index (χ1n) is 15.8. The van der Waals surface area contributed by atoms with Gasteiger partial charge in [0.15, 0.2) is 0 Å². The molecule has 0 aliphatic carbocycles. The number of aromatic hydroxyl groups is 1. The molecular formula is C38H34N6O2. The highest BCUT2D eigenvalue weighted by Crippen LogP contribution is 2.34. The largest absolute Gasteiger partial charge is 0.492 e. The van der Waals surface area contributed by atoms with E-state index >= 15 is 0 Å². The highest BCUT2D eigenvalue weighted by molar-refractivity contribution is 5.84. The second-order valence-corrected chi connectivity index (χ2v) is 12.1. The molecule has 7 aromatic rings. The Morgan fingerprint density at radius 2 is 1.43 bits per heavy atom. The van der Waals surface area contributed by atoms with Gasteiger partial charge in [-0.3, -0.25) is 9.47 Å². The van der Waals surface area contributed by atoms with Crippen LogP contribution in [0, 0.1) is 0 Å². The highest BCUT2D eigenvalue weighted by Gasteiger charge is 2.24. The molecule has 0 atom stereocenters. The van der Waals surface area contributed by atoms with Crippen molar-refractivity contribution in [3.63, 3.8) is 0 Å². The van der Waals surface area contributed by atoms with Crippen LogP contribution in [-0.4, -0.2) is 47.6 Å². The molecule has 0 radical (unpaired) electrons. The summed E-state index contributed by atoms with van der Waals surface area (Å²) >= 11 is 0. The molecule has 0 saturated carbocycles. The number of aromatic amines is 2. The number of aromatic nitrogens is 5. The lowest BCUT2D eigenvalue weighted by molar-refractivity contribution is 0.180. The summed E-state index contributed by atoms with van der Waals surface area (Å²) in [5.74, 6) is -0.0530. The number of para-hydroxylation sites is 3. The van der Waals surface area contributed by atoms with Crippen molar-refractivity contribution in [2.24, 2.45) is 0 Å². The zero-order valence-electron chi connectivity index (χ0n) is 25.4. The molecule has 8 nitrogen and oxygen atoms in total. The Labute approximate surface area is 266 Å². The number of benzene rings is 4. The van der Waals surface area contributed by atoms with Crippen LogP contribution in [0.4, 0.5) is 0 Å². The van der Waals surface area contributed by atoms with Crippen LogP contribution in [0.15, 0.2) is 114 Å². The van der Waals surface area contributed by atoms with Crippen molar-refractivity contribution in [2.45, 2.75) is 31.8 Å². The monoisotopic (exact) mass is 606 g/mol. The van der Waals surface area contributed by atoms with Crippen LogP contribution in [-0.2, 0) is 13.0 Å². The lowest BCUT2D eigenvalue weighted by Crippen LogP contribution is -2.36. The normalized spacial score (nSPS) is 14.3. The van der Waals surface area contributed by atoms with Crippen LogP contribution in [0.25, 0.3) is 44.5 Å². The Bertz CT molecular complexity index is 2210. The van der Waals surface area contributed by atoms with Gasteiger partial charge < -0.3 is 15.1 Å². The molecule has 0 spiro atoms. The quantitative estimate of drug-likeness (QED) is 0.180. The zero-order chi connectivity index (χ0) is 31.0. The minimum Gasteiger partial charge on any atom is -0.492 e. The fourth-order valence-corrected chi connectivity index (χ4v) is 6.84. The van der Waals surface area contributed by atoms with Gasteiger partial charge in [-0.25, -0.2) is 14.8 Å². The molecule has 0 unspecified atom stereocenters. The van der Waals surface area contributed by atoms with Crippen LogP contribution >= 0.6 is 0 Å². The maximum atomic E-state index is 12.7. The first kappa shape index (κ1) is 28.0. The van der Waals surface area contributed by atoms with Crippen LogP contribution in [0.5, 0.6) is 5.88 Å². The molecule has 3 aromatic heterocycles. The molecule has 1 aliphatic heterocycles. The van der Waals surface area contributed by atoms with E-state index in [0.717, 1.165) is 76.8 Å². The number of rotatable bonds is 7. The fourth-order valence-electron chi connectivity index (χ4n) is 6.84. The number of hydrogen-bond donors (Lipinski definition) is 3. The predicted molar refractivity (Wildman–Crippen MR) is 182 cm³/mol. The van der Waals surface area contributed by atoms with Crippen molar-refractivity contribution < 1.29 is 5.11 Å². The minimum atomic E-state index is -0.0530. The smallest absolute Gasteiger partial charge is 0.326 e. The van der Waals surface area contributed by atoms with E-state index in [0.29, 0.717) is 17.8 Å². The SMILES string of the molecule is O=c1[nH]c2ccccc2n1C1CCN(Cc2ccc(-c3nc(Cc4c[nH]c5ccccc45)c(O)nc3-c3ccccc3)cc2)CC1. The fraction of sp³-hybridized carbons (Fsp3) is 0.184. The van der Waals surface area contributed by atoms with Gasteiger partial charge >= 0.3 is 5.69 Å². The van der Waals surface area contributed by atoms with Crippen LogP contribution in [0.2, 0.25) is 0 Å². The molecule has 0 bridgehead atoms. The molecule has 228 valence electrons. The van der Waals surface area contributed by atoms with E-state index in [-0.39, 0.29) is 17.6 Å². The average Bonchev–Trinajstić information content (AvgIpc) is 3.66. The summed E-state index contributed by atoms with van der Waals surface area (Å²) < 4.78 is 1.94. The molecule has 1 fully saturated rings. The first-order chi connectivity index (χ1) is 22.6. The van der Waals surface area contributed by atoms with Crippen LogP contribution in [0.3, 0.4) is 0 Å². The number of nitrogens with zero attached hydrogens (tertiary/aromatic N) is 4. The molecule has 1 aliphatic rings. The number of H-pyrrole nitrogens is 2. The van der Waals surface area contributed by atoms with Gasteiger partial charge in [0.25, 0.3) is 0 Å². The predicted octanol–water partition coefficient (Wildman–Crippen LogP) is 7.07. The summed E-state index contributed by atoms with van der Waals surface area (Å²) in [6.45, 7) is 2.70. The first-order valence-corrected chi connectivity index (χ1v) is 15.8. The molecule has 4 aromatic carbocycles. The number of piperidine rings is 1. The third-order valence-corrected chi connectivity index (χ3v) is 9.21. The standard InChI is InChI=1S/C38H34N6O2/c45-37-33(22-28-23-39-31-11-5-4-10-30(28)31)40-35(36(42-37)26-8-2-1-3-9-26)27-16-14-25(15-17-27)24-43-20-18-29(19-21-43)44-34-13-7-6-12-32(34)41-38(44)46/h1-17,23,29,39H,18-22,24H2,(H,41,46)(H,42,45). The molecule has 8 heteroatoms. The highest BCUT2D eigenvalue weighted by atomic mass is 16.3. The van der Waals surface area contributed by atoms with Crippen molar-refractivity contribution in [1.82, 2.24) is 29.4 Å². The lowest BCUT2D eigenvalue weighted by atomic mass is 10.0. The maximum Gasteiger partial charge on any atom is 0.326 e. The van der Waals surface area contributed by atoms with Gasteiger partial charge in [-0.05, 0) is 42.2 Å². The average molecular weight is 607 g/mol. The second-order valence-electron chi connectivity index (χ2n) is 12.1.